The first-order chi connectivity index (χ1) is 13.3. The highest BCUT2D eigenvalue weighted by Gasteiger charge is 2.26. The highest BCUT2D eigenvalue weighted by atomic mass is 35.5. The average Bonchev–Trinajstić information content (AvgIpc) is 2.65. The fraction of sp³-hybridized carbons (Fsp3) is 0.391. The van der Waals surface area contributed by atoms with Gasteiger partial charge in [0.1, 0.15) is 6.04 Å². The number of hydrogen-bond acceptors (Lipinski definition) is 2. The van der Waals surface area contributed by atoms with Gasteiger partial charge in [-0.3, -0.25) is 9.59 Å². The van der Waals surface area contributed by atoms with Crippen LogP contribution in [-0.2, 0) is 22.6 Å². The molecule has 1 N–H and O–H groups in total. The van der Waals surface area contributed by atoms with Crippen LogP contribution in [0.3, 0.4) is 0 Å². The van der Waals surface area contributed by atoms with Crippen LogP contribution in [0.4, 0.5) is 0 Å². The molecule has 0 aliphatic rings. The van der Waals surface area contributed by atoms with E-state index in [0.717, 1.165) is 16.7 Å². The van der Waals surface area contributed by atoms with Gasteiger partial charge >= 0.3 is 0 Å². The molecule has 150 valence electrons. The van der Waals surface area contributed by atoms with Crippen LogP contribution in [0.1, 0.15) is 37.5 Å². The van der Waals surface area contributed by atoms with Crippen LogP contribution in [0.5, 0.6) is 0 Å². The van der Waals surface area contributed by atoms with Gasteiger partial charge in [0.15, 0.2) is 0 Å². The van der Waals surface area contributed by atoms with Gasteiger partial charge < -0.3 is 10.2 Å². The van der Waals surface area contributed by atoms with Crippen molar-refractivity contribution in [2.24, 2.45) is 5.92 Å². The van der Waals surface area contributed by atoms with Crippen molar-refractivity contribution in [3.63, 3.8) is 0 Å². The number of rotatable bonds is 8. The van der Waals surface area contributed by atoms with Crippen molar-refractivity contribution in [2.75, 3.05) is 6.54 Å². The predicted octanol–water partition coefficient (Wildman–Crippen LogP) is 4.38. The first kappa shape index (κ1) is 22.0. The average molecular weight is 401 g/mol. The third-order valence-corrected chi connectivity index (χ3v) is 4.81. The van der Waals surface area contributed by atoms with Crippen LogP contribution < -0.4 is 5.32 Å². The molecule has 0 saturated heterocycles. The van der Waals surface area contributed by atoms with Crippen LogP contribution in [0, 0.1) is 12.8 Å². The largest absolute Gasteiger partial charge is 0.354 e. The third-order valence-electron chi connectivity index (χ3n) is 4.56. The number of amides is 2. The van der Waals surface area contributed by atoms with Gasteiger partial charge in [-0.1, -0.05) is 67.4 Å². The van der Waals surface area contributed by atoms with E-state index < -0.39 is 6.04 Å². The normalized spacial score (nSPS) is 11.9. The molecule has 2 aromatic carbocycles. The van der Waals surface area contributed by atoms with Crippen molar-refractivity contribution >= 4 is 23.4 Å². The summed E-state index contributed by atoms with van der Waals surface area (Å²) in [6.07, 6.45) is 0.227. The minimum absolute atomic E-state index is 0.0870. The second-order valence-corrected chi connectivity index (χ2v) is 8.07. The Morgan fingerprint density at radius 2 is 1.71 bits per heavy atom. The number of carbonyl (C=O) groups is 2. The Morgan fingerprint density at radius 3 is 2.32 bits per heavy atom. The van der Waals surface area contributed by atoms with Crippen molar-refractivity contribution in [1.29, 1.82) is 0 Å². The molecule has 0 spiro atoms. The first-order valence-electron chi connectivity index (χ1n) is 9.63. The summed E-state index contributed by atoms with van der Waals surface area (Å²) in [7, 11) is 0. The summed E-state index contributed by atoms with van der Waals surface area (Å²) in [5, 5.41) is 3.57. The Labute approximate surface area is 172 Å². The molecule has 28 heavy (non-hydrogen) atoms. The molecule has 2 amide bonds. The summed E-state index contributed by atoms with van der Waals surface area (Å²) in [6, 6.07) is 14.7. The minimum Gasteiger partial charge on any atom is -0.354 e. The summed E-state index contributed by atoms with van der Waals surface area (Å²) in [5.41, 5.74) is 3.01. The van der Waals surface area contributed by atoms with Gasteiger partial charge in [0.2, 0.25) is 11.8 Å². The van der Waals surface area contributed by atoms with Crippen LogP contribution in [-0.4, -0.2) is 29.3 Å². The first-order valence-corrected chi connectivity index (χ1v) is 10.0. The van der Waals surface area contributed by atoms with Crippen molar-refractivity contribution in [3.8, 4) is 0 Å². The van der Waals surface area contributed by atoms with Crippen LogP contribution in [0.15, 0.2) is 48.5 Å². The number of aryl methyl sites for hydroxylation is 1. The molecule has 0 aliphatic heterocycles. The topological polar surface area (TPSA) is 49.4 Å². The van der Waals surface area contributed by atoms with Gasteiger partial charge in [-0.25, -0.2) is 0 Å². The van der Waals surface area contributed by atoms with Gasteiger partial charge in [-0.15, -0.1) is 0 Å². The lowest BCUT2D eigenvalue weighted by Crippen LogP contribution is -2.48. The van der Waals surface area contributed by atoms with E-state index in [1.807, 2.05) is 57.2 Å². The number of carbonyl (C=O) groups excluding carboxylic acids is 2. The van der Waals surface area contributed by atoms with Crippen molar-refractivity contribution < 1.29 is 9.59 Å². The molecule has 0 aromatic heterocycles. The molecule has 0 bridgehead atoms. The molecule has 0 unspecified atom stereocenters. The maximum atomic E-state index is 13.1. The Balaban J connectivity index is 2.19. The van der Waals surface area contributed by atoms with Crippen molar-refractivity contribution in [3.05, 3.63) is 70.2 Å². The standard InChI is InChI=1S/C23H29ClN2O2/c1-16(2)14-25-23(28)18(4)26(15-20-7-5-6-17(3)12-20)22(27)13-19-8-10-21(24)11-9-19/h5-12,16,18H,13-15H2,1-4H3,(H,25,28)/t18-/m1/s1. The zero-order chi connectivity index (χ0) is 20.7. The fourth-order valence-corrected chi connectivity index (χ4v) is 3.05. The van der Waals surface area contributed by atoms with Crippen LogP contribution in [0.25, 0.3) is 0 Å². The molecule has 0 saturated carbocycles. The Kier molecular flexibility index (Phi) is 8.06. The molecule has 4 nitrogen and oxygen atoms in total. The van der Waals surface area contributed by atoms with Gasteiger partial charge in [0.05, 0.1) is 6.42 Å². The quantitative estimate of drug-likeness (QED) is 0.714. The minimum atomic E-state index is -0.556. The third kappa shape index (κ3) is 6.68. The number of halogens is 1. The summed E-state index contributed by atoms with van der Waals surface area (Å²) in [4.78, 5) is 27.4. The van der Waals surface area contributed by atoms with Crippen LogP contribution >= 0.6 is 11.6 Å². The lowest BCUT2D eigenvalue weighted by atomic mass is 10.1. The molecule has 0 aliphatic carbocycles. The highest BCUT2D eigenvalue weighted by molar-refractivity contribution is 6.30. The summed E-state index contributed by atoms with van der Waals surface area (Å²) < 4.78 is 0. The van der Waals surface area contributed by atoms with E-state index in [-0.39, 0.29) is 18.2 Å². The summed E-state index contributed by atoms with van der Waals surface area (Å²) >= 11 is 5.94. The lowest BCUT2D eigenvalue weighted by Gasteiger charge is -2.29. The molecule has 0 radical (unpaired) electrons. The SMILES string of the molecule is Cc1cccc(CN(C(=O)Cc2ccc(Cl)cc2)[C@H](C)C(=O)NCC(C)C)c1. The number of hydrogen-bond donors (Lipinski definition) is 1. The van der Waals surface area contributed by atoms with E-state index in [0.29, 0.717) is 24.0 Å². The van der Waals surface area contributed by atoms with Gasteiger partial charge in [-0.2, -0.15) is 0 Å². The lowest BCUT2D eigenvalue weighted by molar-refractivity contribution is -0.140. The van der Waals surface area contributed by atoms with Gasteiger partial charge in [-0.05, 0) is 43.0 Å². The van der Waals surface area contributed by atoms with Crippen LogP contribution in [0.2, 0.25) is 5.02 Å². The molecule has 2 aromatic rings. The van der Waals surface area contributed by atoms with Gasteiger partial charge in [0, 0.05) is 18.1 Å². The number of nitrogens with zero attached hydrogens (tertiary/aromatic N) is 1. The molecular formula is C23H29ClN2O2. The van der Waals surface area contributed by atoms with E-state index in [4.69, 9.17) is 11.6 Å². The molecule has 1 atom stereocenters. The predicted molar refractivity (Wildman–Crippen MR) is 114 cm³/mol. The summed E-state index contributed by atoms with van der Waals surface area (Å²) in [5.74, 6) is 0.132. The Hall–Kier alpha value is -2.33. The molecular weight excluding hydrogens is 372 g/mol. The van der Waals surface area contributed by atoms with Crippen molar-refractivity contribution in [2.45, 2.75) is 46.7 Å². The smallest absolute Gasteiger partial charge is 0.242 e. The van der Waals surface area contributed by atoms with E-state index in [1.54, 1.807) is 24.0 Å². The van der Waals surface area contributed by atoms with Gasteiger partial charge in [0.25, 0.3) is 0 Å². The van der Waals surface area contributed by atoms with E-state index >= 15 is 0 Å². The number of benzene rings is 2. The second kappa shape index (κ2) is 10.3. The highest BCUT2D eigenvalue weighted by Crippen LogP contribution is 2.15. The Morgan fingerprint density at radius 1 is 1.04 bits per heavy atom. The maximum absolute atomic E-state index is 13.1. The number of nitrogens with one attached hydrogen (secondary N) is 1. The second-order valence-electron chi connectivity index (χ2n) is 7.63. The Bertz CT molecular complexity index is 803. The van der Waals surface area contributed by atoms with Crippen molar-refractivity contribution in [1.82, 2.24) is 10.2 Å². The zero-order valence-corrected chi connectivity index (χ0v) is 17.8. The maximum Gasteiger partial charge on any atom is 0.242 e. The molecule has 0 fully saturated rings. The van der Waals surface area contributed by atoms with E-state index in [9.17, 15) is 9.59 Å². The molecule has 2 rings (SSSR count). The zero-order valence-electron chi connectivity index (χ0n) is 17.0. The van der Waals surface area contributed by atoms with E-state index in [2.05, 4.69) is 5.32 Å². The summed E-state index contributed by atoms with van der Waals surface area (Å²) in [6.45, 7) is 8.87. The molecule has 5 heteroatoms. The molecule has 0 heterocycles. The fourth-order valence-electron chi connectivity index (χ4n) is 2.92. The van der Waals surface area contributed by atoms with E-state index in [1.165, 1.54) is 0 Å². The monoisotopic (exact) mass is 400 g/mol.